The maximum absolute atomic E-state index is 13.4. The molecule has 0 radical (unpaired) electrons. The first-order chi connectivity index (χ1) is 19.1. The van der Waals surface area contributed by atoms with Gasteiger partial charge in [-0.15, -0.1) is 0 Å². The van der Waals surface area contributed by atoms with Crippen molar-refractivity contribution in [3.05, 3.63) is 94.0 Å². The molecule has 220 valence electrons. The lowest BCUT2D eigenvalue weighted by atomic mass is 9.87. The molecule has 0 bridgehead atoms. The zero-order valence-corrected chi connectivity index (χ0v) is 23.0. The van der Waals surface area contributed by atoms with Crippen LogP contribution in [0.15, 0.2) is 60.7 Å². The van der Waals surface area contributed by atoms with Gasteiger partial charge in [-0.25, -0.2) is 4.79 Å². The Morgan fingerprint density at radius 3 is 2.07 bits per heavy atom. The molecule has 0 atom stereocenters. The number of nitrogens with zero attached hydrogens (tertiary/aromatic N) is 1. The number of nitrogens with one attached hydrogen (secondary N) is 1. The fraction of sp³-hybridized carbons (Fsp3) is 0.387. The van der Waals surface area contributed by atoms with Gasteiger partial charge in [0.2, 0.25) is 0 Å². The van der Waals surface area contributed by atoms with E-state index in [1.807, 2.05) is 30.3 Å². The van der Waals surface area contributed by atoms with Crippen molar-refractivity contribution in [3.8, 4) is 5.75 Å². The third-order valence-corrected chi connectivity index (χ3v) is 7.00. The van der Waals surface area contributed by atoms with Gasteiger partial charge in [-0.05, 0) is 71.2 Å². The van der Waals surface area contributed by atoms with Gasteiger partial charge in [-0.1, -0.05) is 57.2 Å². The highest BCUT2D eigenvalue weighted by molar-refractivity contribution is 5.75. The lowest BCUT2D eigenvalue weighted by molar-refractivity contribution is -0.143. The zero-order chi connectivity index (χ0) is 30.0. The summed E-state index contributed by atoms with van der Waals surface area (Å²) >= 11 is 0. The van der Waals surface area contributed by atoms with Gasteiger partial charge in [-0.2, -0.15) is 26.3 Å². The molecule has 41 heavy (non-hydrogen) atoms. The largest absolute Gasteiger partial charge is 0.416 e. The second-order valence-electron chi connectivity index (χ2n) is 11.2. The quantitative estimate of drug-likeness (QED) is 0.298. The van der Waals surface area contributed by atoms with E-state index < -0.39 is 29.6 Å². The summed E-state index contributed by atoms with van der Waals surface area (Å²) in [5.41, 5.74) is 0.433. The van der Waals surface area contributed by atoms with Crippen LogP contribution < -0.4 is 10.1 Å². The van der Waals surface area contributed by atoms with E-state index in [2.05, 4.69) is 26.1 Å². The number of rotatable bonds is 6. The van der Waals surface area contributed by atoms with Gasteiger partial charge >= 0.3 is 18.4 Å². The molecule has 1 amide bonds. The molecule has 0 fully saturated rings. The number of ether oxygens (including phenoxy) is 1. The average Bonchev–Trinajstić information content (AvgIpc) is 2.90. The maximum atomic E-state index is 13.4. The van der Waals surface area contributed by atoms with Crippen molar-refractivity contribution in [1.29, 1.82) is 0 Å². The average molecular weight is 579 g/mol. The molecule has 3 aromatic rings. The number of aryl methyl sites for hydroxylation is 1. The number of carbonyl (C=O) groups is 1. The predicted octanol–water partition coefficient (Wildman–Crippen LogP) is 8.62. The minimum Gasteiger partial charge on any atom is -0.408 e. The molecule has 0 aromatic heterocycles. The second-order valence-corrected chi connectivity index (χ2v) is 11.2. The van der Waals surface area contributed by atoms with Crippen molar-refractivity contribution in [2.45, 2.75) is 64.3 Å². The van der Waals surface area contributed by atoms with Gasteiger partial charge in [0, 0.05) is 19.6 Å². The topological polar surface area (TPSA) is 41.6 Å². The van der Waals surface area contributed by atoms with Crippen LogP contribution in [0.4, 0.5) is 36.8 Å². The van der Waals surface area contributed by atoms with E-state index >= 15 is 0 Å². The van der Waals surface area contributed by atoms with Crippen molar-refractivity contribution in [3.63, 3.8) is 0 Å². The minimum absolute atomic E-state index is 0.0524. The first-order valence-electron chi connectivity index (χ1n) is 13.3. The van der Waals surface area contributed by atoms with Crippen LogP contribution in [0, 0.1) is 0 Å². The summed E-state index contributed by atoms with van der Waals surface area (Å²) < 4.78 is 86.1. The molecule has 1 aliphatic rings. The van der Waals surface area contributed by atoms with Crippen molar-refractivity contribution < 1.29 is 35.9 Å². The number of benzene rings is 3. The van der Waals surface area contributed by atoms with Crippen molar-refractivity contribution in [1.82, 2.24) is 4.90 Å². The smallest absolute Gasteiger partial charge is 0.408 e. The minimum atomic E-state index is -4.96. The van der Waals surface area contributed by atoms with Crippen LogP contribution in [0.25, 0.3) is 0 Å². The molecule has 0 spiro atoms. The summed E-state index contributed by atoms with van der Waals surface area (Å²) in [4.78, 5) is 14.7. The standard InChI is InChI=1S/C31H32F6N2O2/c1-29(2,3)23-11-9-20(10-12-23)19-39(28(40)41-26-8-4-6-22-7-5-14-38-27(22)26)15-13-21-16-24(30(32,33)34)18-25(17-21)31(35,36)37/h4,6,8-12,16-18,38H,5,7,13-15,19H2,1-3H3. The van der Waals surface area contributed by atoms with E-state index in [9.17, 15) is 31.1 Å². The fourth-order valence-corrected chi connectivity index (χ4v) is 4.71. The molecule has 3 aromatic carbocycles. The Morgan fingerprint density at radius 1 is 0.854 bits per heavy atom. The Hall–Kier alpha value is -3.69. The Kier molecular flexibility index (Phi) is 8.61. The van der Waals surface area contributed by atoms with Crippen LogP contribution in [0.1, 0.15) is 60.6 Å². The van der Waals surface area contributed by atoms with E-state index in [0.717, 1.165) is 29.5 Å². The monoisotopic (exact) mass is 578 g/mol. The lowest BCUT2D eigenvalue weighted by Crippen LogP contribution is -2.35. The predicted molar refractivity (Wildman–Crippen MR) is 145 cm³/mol. The zero-order valence-electron chi connectivity index (χ0n) is 23.0. The van der Waals surface area contributed by atoms with Crippen molar-refractivity contribution in [2.75, 3.05) is 18.4 Å². The van der Waals surface area contributed by atoms with Crippen molar-refractivity contribution >= 4 is 11.8 Å². The molecule has 0 saturated carbocycles. The summed E-state index contributed by atoms with van der Waals surface area (Å²) in [5.74, 6) is 0.318. The van der Waals surface area contributed by atoms with E-state index in [0.29, 0.717) is 30.1 Å². The second kappa shape index (κ2) is 11.7. The molecule has 4 rings (SSSR count). The number of halogens is 6. The van der Waals surface area contributed by atoms with Crippen LogP contribution in [0.5, 0.6) is 5.75 Å². The van der Waals surface area contributed by atoms with E-state index in [-0.39, 0.29) is 36.6 Å². The molecule has 0 aliphatic carbocycles. The van der Waals surface area contributed by atoms with Crippen LogP contribution in [-0.4, -0.2) is 24.1 Å². The number of hydrogen-bond donors (Lipinski definition) is 1. The summed E-state index contributed by atoms with van der Waals surface area (Å²) in [6.07, 6.45) is -9.17. The van der Waals surface area contributed by atoms with Gasteiger partial charge in [0.15, 0.2) is 5.75 Å². The number of anilines is 1. The molecule has 0 saturated heterocycles. The highest BCUT2D eigenvalue weighted by atomic mass is 19.4. The number of para-hydroxylation sites is 1. The van der Waals surface area contributed by atoms with Crippen LogP contribution >= 0.6 is 0 Å². The maximum Gasteiger partial charge on any atom is 0.416 e. The Morgan fingerprint density at radius 2 is 1.49 bits per heavy atom. The van der Waals surface area contributed by atoms with Crippen LogP contribution in [0.2, 0.25) is 0 Å². The van der Waals surface area contributed by atoms with Crippen molar-refractivity contribution in [2.24, 2.45) is 0 Å². The fourth-order valence-electron chi connectivity index (χ4n) is 4.71. The van der Waals surface area contributed by atoms with Gasteiger partial charge in [0.05, 0.1) is 16.8 Å². The molecule has 0 unspecified atom stereocenters. The third-order valence-electron chi connectivity index (χ3n) is 7.00. The Bertz CT molecular complexity index is 1340. The summed E-state index contributed by atoms with van der Waals surface area (Å²) in [7, 11) is 0. The summed E-state index contributed by atoms with van der Waals surface area (Å²) in [6, 6.07) is 14.4. The highest BCUT2D eigenvalue weighted by Gasteiger charge is 2.37. The number of carbonyl (C=O) groups excluding carboxylic acids is 1. The third kappa shape index (κ3) is 7.74. The van der Waals surface area contributed by atoms with E-state index in [4.69, 9.17) is 4.74 Å². The van der Waals surface area contributed by atoms with E-state index in [1.165, 1.54) is 4.90 Å². The van der Waals surface area contributed by atoms with Gasteiger partial charge in [-0.3, -0.25) is 0 Å². The van der Waals surface area contributed by atoms with Gasteiger partial charge in [0.1, 0.15) is 0 Å². The number of fused-ring (bicyclic) bond motifs is 1. The summed E-state index contributed by atoms with van der Waals surface area (Å²) in [6.45, 7) is 6.78. The molecule has 1 aliphatic heterocycles. The normalized spacial score (nSPS) is 13.8. The highest BCUT2D eigenvalue weighted by Crippen LogP contribution is 2.37. The van der Waals surface area contributed by atoms with Crippen LogP contribution in [0.3, 0.4) is 0 Å². The van der Waals surface area contributed by atoms with Crippen LogP contribution in [-0.2, 0) is 37.2 Å². The van der Waals surface area contributed by atoms with Gasteiger partial charge < -0.3 is 15.0 Å². The van der Waals surface area contributed by atoms with E-state index in [1.54, 1.807) is 12.1 Å². The first-order valence-corrected chi connectivity index (χ1v) is 13.3. The molecule has 10 heteroatoms. The number of amides is 1. The molecular weight excluding hydrogens is 546 g/mol. The molecule has 1 N–H and O–H groups in total. The lowest BCUT2D eigenvalue weighted by Gasteiger charge is -2.25. The molecule has 4 nitrogen and oxygen atoms in total. The molecule has 1 heterocycles. The number of hydrogen-bond acceptors (Lipinski definition) is 3. The van der Waals surface area contributed by atoms with Gasteiger partial charge in [0.25, 0.3) is 0 Å². The number of alkyl halides is 6. The Balaban J connectivity index is 1.61. The summed E-state index contributed by atoms with van der Waals surface area (Å²) in [5, 5.41) is 3.24. The SMILES string of the molecule is CC(C)(C)c1ccc(CN(CCc2cc(C(F)(F)F)cc(C(F)(F)F)c2)C(=O)Oc2cccc3c2NCCC3)cc1. The first kappa shape index (κ1) is 30.3. The Labute approximate surface area is 235 Å². The molecular formula is C31H32F6N2O2.